The fourth-order valence-corrected chi connectivity index (χ4v) is 1.81. The van der Waals surface area contributed by atoms with Crippen molar-refractivity contribution in [2.45, 2.75) is 19.3 Å². The van der Waals surface area contributed by atoms with Gasteiger partial charge < -0.3 is 10.1 Å². The smallest absolute Gasteiger partial charge is 0.214 e. The van der Waals surface area contributed by atoms with Crippen molar-refractivity contribution in [1.29, 1.82) is 0 Å². The van der Waals surface area contributed by atoms with Gasteiger partial charge in [0.05, 0.1) is 0 Å². The highest BCUT2D eigenvalue weighted by atomic mass is 19.1. The van der Waals surface area contributed by atoms with Gasteiger partial charge in [-0.1, -0.05) is 0 Å². The van der Waals surface area contributed by atoms with Crippen molar-refractivity contribution < 1.29 is 9.13 Å². The summed E-state index contributed by atoms with van der Waals surface area (Å²) >= 11 is 0. The highest BCUT2D eigenvalue weighted by Crippen LogP contribution is 2.48. The molecule has 0 bridgehead atoms. The standard InChI is InChI=1S/C12H17FN2O/c1-16-7-5-12(3-4-12)9-15-10-2-6-14-11(13)8-10/h2,6,8H,3-5,7,9H2,1H3,(H,14,15). The van der Waals surface area contributed by atoms with E-state index in [0.717, 1.165) is 25.3 Å². The van der Waals surface area contributed by atoms with Gasteiger partial charge in [-0.3, -0.25) is 0 Å². The molecule has 0 aliphatic heterocycles. The number of nitrogens with one attached hydrogen (secondary N) is 1. The first kappa shape index (κ1) is 11.3. The Balaban J connectivity index is 1.83. The van der Waals surface area contributed by atoms with Crippen LogP contribution in [-0.2, 0) is 4.74 Å². The minimum atomic E-state index is -0.438. The van der Waals surface area contributed by atoms with Gasteiger partial charge in [-0.2, -0.15) is 4.39 Å². The molecule has 1 aromatic rings. The molecule has 88 valence electrons. The van der Waals surface area contributed by atoms with Crippen molar-refractivity contribution in [3.63, 3.8) is 0 Å². The number of rotatable bonds is 6. The van der Waals surface area contributed by atoms with E-state index in [9.17, 15) is 4.39 Å². The van der Waals surface area contributed by atoms with E-state index in [1.165, 1.54) is 25.1 Å². The molecule has 1 aliphatic carbocycles. The summed E-state index contributed by atoms with van der Waals surface area (Å²) in [5.74, 6) is -0.438. The number of pyridine rings is 1. The molecule has 1 aromatic heterocycles. The predicted molar refractivity (Wildman–Crippen MR) is 60.8 cm³/mol. The van der Waals surface area contributed by atoms with Crippen molar-refractivity contribution >= 4 is 5.69 Å². The number of halogens is 1. The first-order valence-electron chi connectivity index (χ1n) is 5.58. The molecule has 1 saturated carbocycles. The molecule has 16 heavy (non-hydrogen) atoms. The second-order valence-corrected chi connectivity index (χ2v) is 4.46. The summed E-state index contributed by atoms with van der Waals surface area (Å²) in [4.78, 5) is 3.52. The fourth-order valence-electron chi connectivity index (χ4n) is 1.81. The Bertz CT molecular complexity index is 353. The lowest BCUT2D eigenvalue weighted by atomic mass is 10.0. The van der Waals surface area contributed by atoms with Gasteiger partial charge in [0.25, 0.3) is 0 Å². The van der Waals surface area contributed by atoms with Crippen LogP contribution in [0.25, 0.3) is 0 Å². The molecule has 1 N–H and O–H groups in total. The summed E-state index contributed by atoms with van der Waals surface area (Å²) in [6.45, 7) is 1.69. The summed E-state index contributed by atoms with van der Waals surface area (Å²) in [5.41, 5.74) is 1.17. The van der Waals surface area contributed by atoms with Crippen molar-refractivity contribution in [2.24, 2.45) is 5.41 Å². The third-order valence-electron chi connectivity index (χ3n) is 3.19. The van der Waals surface area contributed by atoms with E-state index in [-0.39, 0.29) is 0 Å². The SMILES string of the molecule is COCCC1(CNc2ccnc(F)c2)CC1. The van der Waals surface area contributed by atoms with Gasteiger partial charge in [-0.15, -0.1) is 0 Å². The average molecular weight is 224 g/mol. The fraction of sp³-hybridized carbons (Fsp3) is 0.583. The maximum absolute atomic E-state index is 12.8. The van der Waals surface area contributed by atoms with E-state index in [0.29, 0.717) is 5.41 Å². The third-order valence-corrected chi connectivity index (χ3v) is 3.19. The van der Waals surface area contributed by atoms with Crippen LogP contribution in [0, 0.1) is 11.4 Å². The Kier molecular flexibility index (Phi) is 3.39. The third kappa shape index (κ3) is 2.92. The van der Waals surface area contributed by atoms with Crippen LogP contribution in [-0.4, -0.2) is 25.2 Å². The van der Waals surface area contributed by atoms with E-state index in [1.54, 1.807) is 13.2 Å². The zero-order chi connectivity index (χ0) is 11.4. The Hall–Kier alpha value is -1.16. The van der Waals surface area contributed by atoms with Crippen LogP contribution >= 0.6 is 0 Å². The Morgan fingerprint density at radius 2 is 2.38 bits per heavy atom. The molecule has 1 fully saturated rings. The van der Waals surface area contributed by atoms with Gasteiger partial charge in [-0.25, -0.2) is 4.98 Å². The van der Waals surface area contributed by atoms with Gasteiger partial charge in [0.1, 0.15) is 0 Å². The van der Waals surface area contributed by atoms with Gasteiger partial charge in [-0.05, 0) is 30.7 Å². The lowest BCUT2D eigenvalue weighted by Gasteiger charge is -2.16. The van der Waals surface area contributed by atoms with Gasteiger partial charge in [0, 0.05) is 38.2 Å². The van der Waals surface area contributed by atoms with Crippen LogP contribution < -0.4 is 5.32 Å². The van der Waals surface area contributed by atoms with Gasteiger partial charge in [0.2, 0.25) is 5.95 Å². The van der Waals surface area contributed by atoms with Crippen molar-refractivity contribution in [3.8, 4) is 0 Å². The largest absolute Gasteiger partial charge is 0.385 e. The summed E-state index contributed by atoms with van der Waals surface area (Å²) in [7, 11) is 1.72. The Morgan fingerprint density at radius 3 is 3.00 bits per heavy atom. The van der Waals surface area contributed by atoms with Crippen molar-refractivity contribution in [3.05, 3.63) is 24.3 Å². The summed E-state index contributed by atoms with van der Waals surface area (Å²) in [5, 5.41) is 3.26. The molecule has 0 atom stereocenters. The molecule has 1 aliphatic rings. The minimum absolute atomic E-state index is 0.371. The quantitative estimate of drug-likeness (QED) is 0.754. The van der Waals surface area contributed by atoms with Gasteiger partial charge in [0.15, 0.2) is 0 Å². The Morgan fingerprint density at radius 1 is 1.56 bits per heavy atom. The molecule has 0 aromatic carbocycles. The predicted octanol–water partition coefficient (Wildman–Crippen LogP) is 2.45. The van der Waals surface area contributed by atoms with Crippen LogP contribution in [0.3, 0.4) is 0 Å². The lowest BCUT2D eigenvalue weighted by molar-refractivity contribution is 0.175. The molecule has 4 heteroatoms. The zero-order valence-corrected chi connectivity index (χ0v) is 9.50. The molecule has 0 spiro atoms. The summed E-state index contributed by atoms with van der Waals surface area (Å²) in [6.07, 6.45) is 5.02. The van der Waals surface area contributed by atoms with Crippen LogP contribution in [0.5, 0.6) is 0 Å². The number of hydrogen-bond acceptors (Lipinski definition) is 3. The van der Waals surface area contributed by atoms with Crippen molar-refractivity contribution in [1.82, 2.24) is 4.98 Å². The van der Waals surface area contributed by atoms with Crippen LogP contribution in [0.1, 0.15) is 19.3 Å². The average Bonchev–Trinajstić information content (AvgIpc) is 3.05. The molecule has 0 saturated heterocycles. The number of ether oxygens (including phenoxy) is 1. The van der Waals surface area contributed by atoms with Crippen LogP contribution in [0.2, 0.25) is 0 Å². The maximum Gasteiger partial charge on any atom is 0.214 e. The Labute approximate surface area is 95.0 Å². The normalized spacial score (nSPS) is 17.1. The molecule has 0 radical (unpaired) electrons. The molecule has 0 unspecified atom stereocenters. The van der Waals surface area contributed by atoms with Crippen LogP contribution in [0.15, 0.2) is 18.3 Å². The number of anilines is 1. The number of methoxy groups -OCH3 is 1. The molecular weight excluding hydrogens is 207 g/mol. The topological polar surface area (TPSA) is 34.1 Å². The first-order chi connectivity index (χ1) is 7.74. The van der Waals surface area contributed by atoms with E-state index < -0.39 is 5.95 Å². The van der Waals surface area contributed by atoms with Crippen LogP contribution in [0.4, 0.5) is 10.1 Å². The molecule has 2 rings (SSSR count). The minimum Gasteiger partial charge on any atom is -0.385 e. The number of aromatic nitrogens is 1. The molecule has 3 nitrogen and oxygen atoms in total. The van der Waals surface area contributed by atoms with E-state index in [2.05, 4.69) is 10.3 Å². The van der Waals surface area contributed by atoms with Crippen molar-refractivity contribution in [2.75, 3.05) is 25.6 Å². The maximum atomic E-state index is 12.8. The zero-order valence-electron chi connectivity index (χ0n) is 9.50. The second kappa shape index (κ2) is 4.78. The monoisotopic (exact) mass is 224 g/mol. The van der Waals surface area contributed by atoms with E-state index in [1.807, 2.05) is 0 Å². The second-order valence-electron chi connectivity index (χ2n) is 4.46. The molecule has 0 amide bonds. The number of hydrogen-bond donors (Lipinski definition) is 1. The lowest BCUT2D eigenvalue weighted by Crippen LogP contribution is -2.17. The summed E-state index contributed by atoms with van der Waals surface area (Å²) in [6, 6.07) is 3.21. The number of nitrogens with zero attached hydrogens (tertiary/aromatic N) is 1. The van der Waals surface area contributed by atoms with Gasteiger partial charge >= 0.3 is 0 Å². The molecule has 1 heterocycles. The first-order valence-corrected chi connectivity index (χ1v) is 5.58. The highest BCUT2D eigenvalue weighted by Gasteiger charge is 2.41. The summed E-state index contributed by atoms with van der Waals surface area (Å²) < 4.78 is 17.9. The van der Waals surface area contributed by atoms with E-state index in [4.69, 9.17) is 4.74 Å². The van der Waals surface area contributed by atoms with E-state index >= 15 is 0 Å². The highest BCUT2D eigenvalue weighted by molar-refractivity contribution is 5.41. The molecular formula is C12H17FN2O.